The lowest BCUT2D eigenvalue weighted by Gasteiger charge is -2.15. The number of carbonyl (C=O) groups excluding carboxylic acids is 1. The van der Waals surface area contributed by atoms with E-state index in [1.165, 1.54) is 14.2 Å². The van der Waals surface area contributed by atoms with Gasteiger partial charge in [-0.2, -0.15) is 0 Å². The smallest absolute Gasteiger partial charge is 0.224 e. The number of unbranched alkanes of at least 4 members (excludes halogenated alkanes) is 1. The molecule has 0 saturated carbocycles. The van der Waals surface area contributed by atoms with Crippen LogP contribution < -0.4 is 15.2 Å². The normalized spacial score (nSPS) is 10.8. The highest BCUT2D eigenvalue weighted by Gasteiger charge is 2.24. The Kier molecular flexibility index (Phi) is 5.57. The Hall–Kier alpha value is -2.12. The molecular weight excluding hydrogens is 322 g/mol. The number of ether oxygens (including phenoxy) is 2. The van der Waals surface area contributed by atoms with Gasteiger partial charge in [-0.25, -0.2) is 9.97 Å². The van der Waals surface area contributed by atoms with Crippen molar-refractivity contribution in [3.05, 3.63) is 16.9 Å². The molecule has 1 aromatic heterocycles. The number of hydrogen-bond acceptors (Lipinski definition) is 7. The number of aliphatic hydroxyl groups is 1. The number of Topliss-reactive ketones (excluding diaryl/α,β-unsaturated/α-hetero) is 1. The number of benzene rings is 1. The first-order chi connectivity index (χ1) is 11.0. The molecule has 1 aromatic carbocycles. The summed E-state index contributed by atoms with van der Waals surface area (Å²) in [7, 11) is 2.91. The van der Waals surface area contributed by atoms with Gasteiger partial charge in [0.2, 0.25) is 5.28 Å². The van der Waals surface area contributed by atoms with E-state index in [1.54, 1.807) is 6.07 Å². The molecule has 0 aliphatic rings. The minimum atomic E-state index is -0.183. The highest BCUT2D eigenvalue weighted by Crippen LogP contribution is 2.39. The first-order valence-electron chi connectivity index (χ1n) is 7.05. The molecule has 124 valence electrons. The summed E-state index contributed by atoms with van der Waals surface area (Å²) in [4.78, 5) is 20.7. The summed E-state index contributed by atoms with van der Waals surface area (Å²) in [6.45, 7) is 0.0319. The highest BCUT2D eigenvalue weighted by atomic mass is 35.5. The number of aliphatic hydroxyl groups excluding tert-OH is 1. The Morgan fingerprint density at radius 3 is 2.65 bits per heavy atom. The lowest BCUT2D eigenvalue weighted by Crippen LogP contribution is -2.08. The summed E-state index contributed by atoms with van der Waals surface area (Å²) in [5.41, 5.74) is 6.62. The third kappa shape index (κ3) is 3.46. The first kappa shape index (κ1) is 17.2. The molecule has 0 spiro atoms. The Morgan fingerprint density at radius 2 is 2.04 bits per heavy atom. The predicted octanol–water partition coefficient (Wildman–Crippen LogP) is 2.23. The van der Waals surface area contributed by atoms with Gasteiger partial charge in [-0.1, -0.05) is 0 Å². The number of fused-ring (bicyclic) bond motifs is 1. The molecule has 0 aliphatic heterocycles. The lowest BCUT2D eigenvalue weighted by molar-refractivity contribution is 0.0975. The number of hydrogen-bond donors (Lipinski definition) is 2. The Balaban J connectivity index is 2.69. The van der Waals surface area contributed by atoms with Gasteiger partial charge in [0.05, 0.1) is 30.7 Å². The van der Waals surface area contributed by atoms with Crippen molar-refractivity contribution < 1.29 is 19.4 Å². The molecule has 0 bridgehead atoms. The number of rotatable bonds is 7. The summed E-state index contributed by atoms with van der Waals surface area (Å²) in [5.74, 6) is 0.564. The molecule has 0 atom stereocenters. The van der Waals surface area contributed by atoms with Gasteiger partial charge in [0.1, 0.15) is 5.82 Å². The summed E-state index contributed by atoms with van der Waals surface area (Å²) >= 11 is 5.84. The number of anilines is 1. The molecular formula is C15H18ClN3O4. The standard InChI is InChI=1S/C15H18ClN3O4/c1-22-10-7-8-11(14(17)19-15(16)18-8)12(13(10)23-2)9(21)5-3-4-6-20/h7,20H,3-6H2,1-2H3,(H2,17,18,19). The molecule has 23 heavy (non-hydrogen) atoms. The predicted molar refractivity (Wildman–Crippen MR) is 87.3 cm³/mol. The molecule has 0 saturated heterocycles. The number of nitrogen functional groups attached to an aromatic ring is 1. The monoisotopic (exact) mass is 339 g/mol. The largest absolute Gasteiger partial charge is 0.493 e. The van der Waals surface area contributed by atoms with Gasteiger partial charge < -0.3 is 20.3 Å². The fraction of sp³-hybridized carbons (Fsp3) is 0.400. The van der Waals surface area contributed by atoms with Crippen LogP contribution in [0.1, 0.15) is 29.6 Å². The van der Waals surface area contributed by atoms with E-state index in [2.05, 4.69) is 9.97 Å². The molecule has 0 aliphatic carbocycles. The van der Waals surface area contributed by atoms with Crippen LogP contribution in [0.4, 0.5) is 5.82 Å². The van der Waals surface area contributed by atoms with Gasteiger partial charge >= 0.3 is 0 Å². The highest BCUT2D eigenvalue weighted by molar-refractivity contribution is 6.29. The molecule has 0 fully saturated rings. The summed E-state index contributed by atoms with van der Waals surface area (Å²) in [6, 6.07) is 1.60. The number of methoxy groups -OCH3 is 2. The first-order valence-corrected chi connectivity index (χ1v) is 7.43. The van der Waals surface area contributed by atoms with Crippen molar-refractivity contribution in [3.8, 4) is 11.5 Å². The second kappa shape index (κ2) is 7.43. The van der Waals surface area contributed by atoms with Gasteiger partial charge in [0.15, 0.2) is 17.3 Å². The fourth-order valence-electron chi connectivity index (χ4n) is 2.40. The fourth-order valence-corrected chi connectivity index (χ4v) is 2.58. The van der Waals surface area contributed by atoms with Crippen LogP contribution in [0.2, 0.25) is 5.28 Å². The number of carbonyl (C=O) groups is 1. The van der Waals surface area contributed by atoms with Crippen molar-refractivity contribution in [1.82, 2.24) is 9.97 Å². The van der Waals surface area contributed by atoms with Gasteiger partial charge in [-0.15, -0.1) is 0 Å². The summed E-state index contributed by atoms with van der Waals surface area (Å²) in [5, 5.41) is 9.25. The number of aromatic nitrogens is 2. The van der Waals surface area contributed by atoms with Crippen LogP contribution in [-0.4, -0.2) is 41.7 Å². The molecule has 1 heterocycles. The van der Waals surface area contributed by atoms with Crippen molar-refractivity contribution in [3.63, 3.8) is 0 Å². The average molecular weight is 340 g/mol. The Morgan fingerprint density at radius 1 is 1.30 bits per heavy atom. The van der Waals surface area contributed by atoms with E-state index in [0.717, 1.165) is 0 Å². The molecule has 7 nitrogen and oxygen atoms in total. The molecule has 8 heteroatoms. The van der Waals surface area contributed by atoms with E-state index in [9.17, 15) is 4.79 Å². The third-order valence-electron chi connectivity index (χ3n) is 3.42. The van der Waals surface area contributed by atoms with Crippen molar-refractivity contribution >= 4 is 34.1 Å². The van der Waals surface area contributed by atoms with Crippen LogP contribution in [0.3, 0.4) is 0 Å². The lowest BCUT2D eigenvalue weighted by atomic mass is 9.99. The second-order valence-corrected chi connectivity index (χ2v) is 5.20. The van der Waals surface area contributed by atoms with Crippen LogP contribution in [-0.2, 0) is 0 Å². The van der Waals surface area contributed by atoms with Gasteiger partial charge in [0.25, 0.3) is 0 Å². The average Bonchev–Trinajstić information content (AvgIpc) is 2.52. The second-order valence-electron chi connectivity index (χ2n) is 4.86. The number of halogens is 1. The van der Waals surface area contributed by atoms with E-state index < -0.39 is 0 Å². The molecule has 3 N–H and O–H groups in total. The van der Waals surface area contributed by atoms with Crippen LogP contribution in [0.5, 0.6) is 11.5 Å². The maximum Gasteiger partial charge on any atom is 0.224 e. The van der Waals surface area contributed by atoms with E-state index in [4.69, 9.17) is 31.9 Å². The third-order valence-corrected chi connectivity index (χ3v) is 3.59. The molecule has 2 rings (SSSR count). The molecule has 0 amide bonds. The minimum Gasteiger partial charge on any atom is -0.493 e. The summed E-state index contributed by atoms with van der Waals surface area (Å²) < 4.78 is 10.6. The zero-order chi connectivity index (χ0) is 17.0. The molecule has 0 radical (unpaired) electrons. The van der Waals surface area contributed by atoms with Gasteiger partial charge in [-0.3, -0.25) is 4.79 Å². The number of nitrogens with two attached hydrogens (primary N) is 1. The van der Waals surface area contributed by atoms with Gasteiger partial charge in [0, 0.05) is 19.1 Å². The maximum absolute atomic E-state index is 12.7. The quantitative estimate of drug-likeness (QED) is 0.452. The zero-order valence-corrected chi connectivity index (χ0v) is 13.7. The topological polar surface area (TPSA) is 108 Å². The van der Waals surface area contributed by atoms with Crippen LogP contribution in [0.25, 0.3) is 10.9 Å². The Bertz CT molecular complexity index is 736. The number of nitrogens with zero attached hydrogens (tertiary/aromatic N) is 2. The van der Waals surface area contributed by atoms with Crippen LogP contribution >= 0.6 is 11.6 Å². The van der Waals surface area contributed by atoms with Crippen molar-refractivity contribution in [2.75, 3.05) is 26.6 Å². The molecule has 2 aromatic rings. The van der Waals surface area contributed by atoms with Crippen molar-refractivity contribution in [2.24, 2.45) is 0 Å². The molecule has 0 unspecified atom stereocenters. The van der Waals surface area contributed by atoms with E-state index in [1.807, 2.05) is 0 Å². The summed E-state index contributed by atoms with van der Waals surface area (Å²) in [6.07, 6.45) is 1.32. The van der Waals surface area contributed by atoms with Gasteiger partial charge in [-0.05, 0) is 24.4 Å². The van der Waals surface area contributed by atoms with Crippen molar-refractivity contribution in [1.29, 1.82) is 0 Å². The van der Waals surface area contributed by atoms with Crippen molar-refractivity contribution in [2.45, 2.75) is 19.3 Å². The Labute approximate surface area is 138 Å². The number of ketones is 1. The van der Waals surface area contributed by atoms with E-state index in [-0.39, 0.29) is 41.2 Å². The van der Waals surface area contributed by atoms with Crippen LogP contribution in [0, 0.1) is 0 Å². The zero-order valence-electron chi connectivity index (χ0n) is 12.9. The minimum absolute atomic E-state index is 0.0131. The van der Waals surface area contributed by atoms with E-state index in [0.29, 0.717) is 29.5 Å². The SMILES string of the molecule is COc1cc2nc(Cl)nc(N)c2c(C(=O)CCCCO)c1OC. The maximum atomic E-state index is 12.7. The van der Waals surface area contributed by atoms with Crippen LogP contribution in [0.15, 0.2) is 6.07 Å². The van der Waals surface area contributed by atoms with E-state index >= 15 is 0 Å².